The first-order valence-electron chi connectivity index (χ1n) is 19.3. The van der Waals surface area contributed by atoms with Crippen LogP contribution in [0.25, 0.3) is 110 Å². The van der Waals surface area contributed by atoms with Crippen LogP contribution in [0.5, 0.6) is 0 Å². The Hall–Kier alpha value is -7.35. The van der Waals surface area contributed by atoms with Crippen LogP contribution < -0.4 is 0 Å². The summed E-state index contributed by atoms with van der Waals surface area (Å²) in [5.41, 5.74) is 13.0. The van der Waals surface area contributed by atoms with E-state index in [1.165, 1.54) is 93.2 Å². The Morgan fingerprint density at radius 2 is 0.625 bits per heavy atom. The molecule has 11 aromatic rings. The molecule has 1 heterocycles. The van der Waals surface area contributed by atoms with Gasteiger partial charge in [0.15, 0.2) is 0 Å². The lowest BCUT2D eigenvalue weighted by molar-refractivity contribution is 1.42. The molecular formula is C55H35N. The Labute approximate surface area is 325 Å². The molecule has 0 aliphatic rings. The molecule has 0 spiro atoms. The van der Waals surface area contributed by atoms with Gasteiger partial charge >= 0.3 is 0 Å². The van der Waals surface area contributed by atoms with Crippen molar-refractivity contribution in [2.24, 2.45) is 0 Å². The smallest absolute Gasteiger partial charge is 0.0722 e. The number of para-hydroxylation sites is 1. The largest absolute Gasteiger partial charge is 0.248 e. The maximum absolute atomic E-state index is 5.19. The highest BCUT2D eigenvalue weighted by atomic mass is 14.7. The van der Waals surface area contributed by atoms with Gasteiger partial charge in [0.2, 0.25) is 0 Å². The Kier molecular flexibility index (Phi) is 7.57. The average Bonchev–Trinajstić information content (AvgIpc) is 3.27. The van der Waals surface area contributed by atoms with Gasteiger partial charge in [0.25, 0.3) is 0 Å². The number of fused-ring (bicyclic) bond motifs is 5. The van der Waals surface area contributed by atoms with Gasteiger partial charge in [-0.05, 0) is 106 Å². The zero-order chi connectivity index (χ0) is 37.0. The van der Waals surface area contributed by atoms with Crippen LogP contribution in [-0.2, 0) is 0 Å². The maximum atomic E-state index is 5.19. The van der Waals surface area contributed by atoms with E-state index in [0.29, 0.717) is 0 Å². The molecule has 1 aromatic heterocycles. The molecule has 10 aromatic carbocycles. The fourth-order valence-electron chi connectivity index (χ4n) is 8.94. The topological polar surface area (TPSA) is 12.9 Å². The highest BCUT2D eigenvalue weighted by molar-refractivity contribution is 6.23. The lowest BCUT2D eigenvalue weighted by atomic mass is 9.84. The summed E-state index contributed by atoms with van der Waals surface area (Å²) in [6.07, 6.45) is 0. The van der Waals surface area contributed by atoms with Crippen molar-refractivity contribution in [3.8, 4) is 55.8 Å². The number of hydrogen-bond acceptors (Lipinski definition) is 1. The molecular weight excluding hydrogens is 675 g/mol. The number of rotatable bonds is 5. The van der Waals surface area contributed by atoms with Crippen LogP contribution in [0.3, 0.4) is 0 Å². The molecule has 0 atom stereocenters. The minimum absolute atomic E-state index is 0.992. The normalized spacial score (nSPS) is 11.6. The van der Waals surface area contributed by atoms with Crippen LogP contribution in [0.4, 0.5) is 0 Å². The highest BCUT2D eigenvalue weighted by Crippen LogP contribution is 2.47. The van der Waals surface area contributed by atoms with Crippen LogP contribution in [0.2, 0.25) is 0 Å². The second-order valence-electron chi connectivity index (χ2n) is 14.6. The zero-order valence-electron chi connectivity index (χ0n) is 30.7. The Morgan fingerprint density at radius 3 is 1.18 bits per heavy atom. The number of pyridine rings is 1. The Bertz CT molecular complexity index is 3210. The van der Waals surface area contributed by atoms with Crippen LogP contribution in [0.1, 0.15) is 0 Å². The standard InChI is InChI=1S/C55H35N/c1-3-15-36(16-4-1)41-31-33-48-49(35-41)54(38-18-5-2-6-19-38)43-21-9-8-20-42(43)53(48)40-29-27-39(28-30-40)52-44-22-10-12-24-46(44)55(47-25-13-11-23-45(47)52)51-34-32-37-17-7-14-26-50(37)56-51/h1-35H. The molecule has 0 aliphatic carbocycles. The second kappa shape index (κ2) is 13.2. The van der Waals surface area contributed by atoms with Crippen LogP contribution in [0, 0.1) is 0 Å². The zero-order valence-corrected chi connectivity index (χ0v) is 30.7. The molecule has 0 saturated heterocycles. The minimum atomic E-state index is 0.992. The van der Waals surface area contributed by atoms with Gasteiger partial charge < -0.3 is 0 Å². The first-order chi connectivity index (χ1) is 27.8. The Balaban J connectivity index is 1.13. The van der Waals surface area contributed by atoms with E-state index in [1.54, 1.807) is 0 Å². The number of aromatic nitrogens is 1. The first kappa shape index (κ1) is 32.1. The third kappa shape index (κ3) is 5.21. The van der Waals surface area contributed by atoms with Crippen molar-refractivity contribution in [2.45, 2.75) is 0 Å². The third-order valence-corrected chi connectivity index (χ3v) is 11.4. The Morgan fingerprint density at radius 1 is 0.232 bits per heavy atom. The summed E-state index contributed by atoms with van der Waals surface area (Å²) >= 11 is 0. The summed E-state index contributed by atoms with van der Waals surface area (Å²) in [7, 11) is 0. The molecule has 11 rings (SSSR count). The van der Waals surface area contributed by atoms with E-state index in [1.807, 2.05) is 0 Å². The molecule has 1 heteroatoms. The predicted molar refractivity (Wildman–Crippen MR) is 239 cm³/mol. The first-order valence-corrected chi connectivity index (χ1v) is 19.3. The average molecular weight is 710 g/mol. The highest BCUT2D eigenvalue weighted by Gasteiger charge is 2.20. The molecule has 0 fully saturated rings. The molecule has 0 saturated carbocycles. The lowest BCUT2D eigenvalue weighted by Crippen LogP contribution is -1.93. The van der Waals surface area contributed by atoms with Gasteiger partial charge in [0.05, 0.1) is 11.2 Å². The number of benzene rings is 10. The van der Waals surface area contributed by atoms with Crippen molar-refractivity contribution in [2.75, 3.05) is 0 Å². The molecule has 0 amide bonds. The van der Waals surface area contributed by atoms with Gasteiger partial charge in [-0.2, -0.15) is 0 Å². The molecule has 0 bridgehead atoms. The summed E-state index contributed by atoms with van der Waals surface area (Å²) in [6, 6.07) is 77.1. The van der Waals surface area contributed by atoms with Crippen molar-refractivity contribution >= 4 is 54.0 Å². The number of hydrogen-bond donors (Lipinski definition) is 0. The van der Waals surface area contributed by atoms with E-state index in [-0.39, 0.29) is 0 Å². The van der Waals surface area contributed by atoms with E-state index < -0.39 is 0 Å². The van der Waals surface area contributed by atoms with Crippen molar-refractivity contribution in [1.29, 1.82) is 0 Å². The second-order valence-corrected chi connectivity index (χ2v) is 14.6. The van der Waals surface area contributed by atoms with E-state index in [4.69, 9.17) is 4.98 Å². The van der Waals surface area contributed by atoms with Gasteiger partial charge in [-0.15, -0.1) is 0 Å². The van der Waals surface area contributed by atoms with Gasteiger partial charge in [-0.1, -0.05) is 194 Å². The maximum Gasteiger partial charge on any atom is 0.0722 e. The molecule has 1 nitrogen and oxygen atoms in total. The fraction of sp³-hybridized carbons (Fsp3) is 0. The summed E-state index contributed by atoms with van der Waals surface area (Å²) in [5.74, 6) is 0. The minimum Gasteiger partial charge on any atom is -0.248 e. The van der Waals surface area contributed by atoms with Gasteiger partial charge in [0.1, 0.15) is 0 Å². The van der Waals surface area contributed by atoms with Crippen molar-refractivity contribution in [1.82, 2.24) is 4.98 Å². The summed E-state index contributed by atoms with van der Waals surface area (Å²) < 4.78 is 0. The molecule has 0 radical (unpaired) electrons. The number of nitrogens with zero attached hydrogens (tertiary/aromatic N) is 1. The van der Waals surface area contributed by atoms with Crippen LogP contribution in [-0.4, -0.2) is 4.98 Å². The van der Waals surface area contributed by atoms with Gasteiger partial charge in [-0.25, -0.2) is 4.98 Å². The monoisotopic (exact) mass is 709 g/mol. The summed E-state index contributed by atoms with van der Waals surface area (Å²) in [5, 5.41) is 11.0. The van der Waals surface area contributed by atoms with Crippen LogP contribution >= 0.6 is 0 Å². The van der Waals surface area contributed by atoms with E-state index in [2.05, 4.69) is 212 Å². The van der Waals surface area contributed by atoms with Gasteiger partial charge in [0, 0.05) is 10.9 Å². The molecule has 56 heavy (non-hydrogen) atoms. The fourth-order valence-corrected chi connectivity index (χ4v) is 8.94. The lowest BCUT2D eigenvalue weighted by Gasteiger charge is -2.20. The van der Waals surface area contributed by atoms with Crippen LogP contribution in [0.15, 0.2) is 212 Å². The predicted octanol–water partition coefficient (Wildman–Crippen LogP) is 15.2. The molecule has 0 unspecified atom stereocenters. The summed E-state index contributed by atoms with van der Waals surface area (Å²) in [6.45, 7) is 0. The van der Waals surface area contributed by atoms with E-state index >= 15 is 0 Å². The van der Waals surface area contributed by atoms with E-state index in [9.17, 15) is 0 Å². The van der Waals surface area contributed by atoms with Gasteiger partial charge in [-0.3, -0.25) is 0 Å². The molecule has 0 aliphatic heterocycles. The third-order valence-electron chi connectivity index (χ3n) is 11.4. The molecule has 260 valence electrons. The van der Waals surface area contributed by atoms with Crippen molar-refractivity contribution in [3.05, 3.63) is 212 Å². The summed E-state index contributed by atoms with van der Waals surface area (Å²) in [4.78, 5) is 5.19. The molecule has 0 N–H and O–H groups in total. The van der Waals surface area contributed by atoms with Crippen molar-refractivity contribution in [3.63, 3.8) is 0 Å². The quantitative estimate of drug-likeness (QED) is 0.162. The van der Waals surface area contributed by atoms with E-state index in [0.717, 1.165) is 16.6 Å². The van der Waals surface area contributed by atoms with Crippen molar-refractivity contribution < 1.29 is 0 Å². The SMILES string of the molecule is c1ccc(-c2ccc3c(-c4ccc(-c5c6ccccc6c(-c6ccc7ccccc7n6)c6ccccc56)cc4)c4ccccc4c(-c4ccccc4)c3c2)cc1.